The molecule has 0 heteroatoms. The zero-order valence-corrected chi connectivity index (χ0v) is 7.67. The number of hydrogen-bond donors (Lipinski definition) is 0. The first-order valence-corrected chi connectivity index (χ1v) is 4.11. The molecule has 1 rings (SSSR count). The van der Waals surface area contributed by atoms with Gasteiger partial charge < -0.3 is 0 Å². The van der Waals surface area contributed by atoms with Gasteiger partial charge >= 0.3 is 0 Å². The van der Waals surface area contributed by atoms with E-state index in [0.29, 0.717) is 0 Å². The average molecular weight is 158 g/mol. The van der Waals surface area contributed by atoms with E-state index in [1.54, 1.807) is 0 Å². The molecule has 0 unspecified atom stereocenters. The Morgan fingerprint density at radius 2 is 1.75 bits per heavy atom. The van der Waals surface area contributed by atoms with Gasteiger partial charge in [-0.15, -0.1) is 0 Å². The highest BCUT2D eigenvalue weighted by atomic mass is 14.0. The quantitative estimate of drug-likeness (QED) is 0.576. The van der Waals surface area contributed by atoms with E-state index in [0.717, 1.165) is 0 Å². The first kappa shape index (κ1) is 8.79. The number of allylic oxidation sites excluding steroid dienone is 3. The maximum absolute atomic E-state index is 3.80. The van der Waals surface area contributed by atoms with Gasteiger partial charge in [-0.2, -0.15) is 0 Å². The van der Waals surface area contributed by atoms with Crippen molar-refractivity contribution in [2.24, 2.45) is 0 Å². The van der Waals surface area contributed by atoms with Crippen molar-refractivity contribution >= 4 is 5.57 Å². The lowest BCUT2D eigenvalue weighted by molar-refractivity contribution is 1.39. The highest BCUT2D eigenvalue weighted by Gasteiger charge is 1.96. The molecule has 0 atom stereocenters. The molecule has 0 bridgehead atoms. The zero-order chi connectivity index (χ0) is 8.97. The third-order valence-electron chi connectivity index (χ3n) is 1.83. The van der Waals surface area contributed by atoms with Crippen LogP contribution in [-0.2, 0) is 0 Å². The smallest absolute Gasteiger partial charge is 0.0185 e. The molecule has 0 N–H and O–H groups in total. The fraction of sp³-hybridized carbons (Fsp3) is 0.167. The Balaban J connectivity index is 3.14. The van der Waals surface area contributed by atoms with Gasteiger partial charge in [0.05, 0.1) is 0 Å². The molecule has 0 fully saturated rings. The summed E-state index contributed by atoms with van der Waals surface area (Å²) in [5.74, 6) is 0. The Labute approximate surface area is 74.2 Å². The summed E-state index contributed by atoms with van der Waals surface area (Å²) in [6, 6.07) is 10.3. The molecule has 1 aromatic rings. The number of hydrogen-bond acceptors (Lipinski definition) is 0. The lowest BCUT2D eigenvalue weighted by atomic mass is 10.0. The van der Waals surface area contributed by atoms with Gasteiger partial charge in [0.1, 0.15) is 0 Å². The second-order valence-electron chi connectivity index (χ2n) is 2.98. The molecular weight excluding hydrogens is 144 g/mol. The Hall–Kier alpha value is -1.30. The minimum atomic E-state index is 1.23. The summed E-state index contributed by atoms with van der Waals surface area (Å²) in [4.78, 5) is 0. The van der Waals surface area contributed by atoms with Crippen LogP contribution in [0.2, 0.25) is 0 Å². The van der Waals surface area contributed by atoms with Crippen LogP contribution in [0.25, 0.3) is 5.57 Å². The van der Waals surface area contributed by atoms with Crippen LogP contribution in [0.4, 0.5) is 0 Å². The SMILES string of the molecule is C=CC(=C(C)C)c1ccccc1. The average Bonchev–Trinajstić information content (AvgIpc) is 2.07. The Morgan fingerprint density at radius 1 is 1.17 bits per heavy atom. The Morgan fingerprint density at radius 3 is 2.17 bits per heavy atom. The van der Waals surface area contributed by atoms with Crippen LogP contribution in [0.5, 0.6) is 0 Å². The molecule has 0 amide bonds. The normalized spacial score (nSPS) is 9.17. The monoisotopic (exact) mass is 158 g/mol. The van der Waals surface area contributed by atoms with Gasteiger partial charge in [0, 0.05) is 0 Å². The van der Waals surface area contributed by atoms with Crippen LogP contribution >= 0.6 is 0 Å². The molecule has 0 radical (unpaired) electrons. The minimum Gasteiger partial charge on any atom is -0.0985 e. The largest absolute Gasteiger partial charge is 0.0985 e. The van der Waals surface area contributed by atoms with Gasteiger partial charge in [0.25, 0.3) is 0 Å². The molecule has 0 aliphatic carbocycles. The Bertz CT molecular complexity index is 287. The van der Waals surface area contributed by atoms with Gasteiger partial charge in [-0.1, -0.05) is 48.6 Å². The maximum atomic E-state index is 3.80. The summed E-state index contributed by atoms with van der Waals surface area (Å²) in [6.07, 6.45) is 1.91. The molecule has 62 valence electrons. The molecule has 0 aromatic heterocycles. The van der Waals surface area contributed by atoms with Crippen molar-refractivity contribution in [3.63, 3.8) is 0 Å². The molecule has 0 nitrogen and oxygen atoms in total. The molecule has 0 spiro atoms. The summed E-state index contributed by atoms with van der Waals surface area (Å²) in [6.45, 7) is 8.00. The molecule has 0 saturated heterocycles. The van der Waals surface area contributed by atoms with E-state index in [4.69, 9.17) is 0 Å². The summed E-state index contributed by atoms with van der Waals surface area (Å²) >= 11 is 0. The van der Waals surface area contributed by atoms with Gasteiger partial charge in [0.15, 0.2) is 0 Å². The maximum Gasteiger partial charge on any atom is -0.0185 e. The molecule has 0 saturated carbocycles. The topological polar surface area (TPSA) is 0 Å². The van der Waals surface area contributed by atoms with E-state index in [1.807, 2.05) is 24.3 Å². The second kappa shape index (κ2) is 3.91. The van der Waals surface area contributed by atoms with Gasteiger partial charge in [-0.25, -0.2) is 0 Å². The van der Waals surface area contributed by atoms with E-state index >= 15 is 0 Å². The predicted octanol–water partition coefficient (Wildman–Crippen LogP) is 3.67. The first-order valence-electron chi connectivity index (χ1n) is 4.11. The van der Waals surface area contributed by atoms with Crippen LogP contribution < -0.4 is 0 Å². The highest BCUT2D eigenvalue weighted by molar-refractivity contribution is 5.75. The van der Waals surface area contributed by atoms with Crippen LogP contribution in [0.1, 0.15) is 19.4 Å². The van der Waals surface area contributed by atoms with Gasteiger partial charge in [-0.05, 0) is 25.0 Å². The fourth-order valence-corrected chi connectivity index (χ4v) is 1.23. The van der Waals surface area contributed by atoms with Crippen molar-refractivity contribution in [1.29, 1.82) is 0 Å². The fourth-order valence-electron chi connectivity index (χ4n) is 1.23. The lowest BCUT2D eigenvalue weighted by Gasteiger charge is -2.03. The molecule has 12 heavy (non-hydrogen) atoms. The van der Waals surface area contributed by atoms with Crippen molar-refractivity contribution in [2.45, 2.75) is 13.8 Å². The van der Waals surface area contributed by atoms with Crippen LogP contribution in [0.15, 0.2) is 48.6 Å². The summed E-state index contributed by atoms with van der Waals surface area (Å²) in [7, 11) is 0. The standard InChI is InChI=1S/C12H14/c1-4-12(10(2)3)11-8-6-5-7-9-11/h4-9H,1H2,2-3H3. The molecular formula is C12H14. The van der Waals surface area contributed by atoms with Gasteiger partial charge in [0.2, 0.25) is 0 Å². The molecule has 0 aliphatic heterocycles. The molecule has 0 aliphatic rings. The van der Waals surface area contributed by atoms with Crippen LogP contribution in [0, 0.1) is 0 Å². The van der Waals surface area contributed by atoms with E-state index < -0.39 is 0 Å². The second-order valence-corrected chi connectivity index (χ2v) is 2.98. The summed E-state index contributed by atoms with van der Waals surface area (Å²) < 4.78 is 0. The van der Waals surface area contributed by atoms with Gasteiger partial charge in [-0.3, -0.25) is 0 Å². The summed E-state index contributed by atoms with van der Waals surface area (Å²) in [5, 5.41) is 0. The third-order valence-corrected chi connectivity index (χ3v) is 1.83. The molecule has 0 heterocycles. The van der Waals surface area contributed by atoms with E-state index in [1.165, 1.54) is 16.7 Å². The molecule has 1 aromatic carbocycles. The minimum absolute atomic E-state index is 1.23. The van der Waals surface area contributed by atoms with Crippen molar-refractivity contribution in [1.82, 2.24) is 0 Å². The van der Waals surface area contributed by atoms with Crippen LogP contribution in [0.3, 0.4) is 0 Å². The third kappa shape index (κ3) is 1.85. The van der Waals surface area contributed by atoms with Crippen molar-refractivity contribution in [2.75, 3.05) is 0 Å². The predicted molar refractivity (Wildman–Crippen MR) is 54.9 cm³/mol. The van der Waals surface area contributed by atoms with E-state index in [2.05, 4.69) is 32.6 Å². The van der Waals surface area contributed by atoms with Crippen molar-refractivity contribution in [3.05, 3.63) is 54.1 Å². The highest BCUT2D eigenvalue weighted by Crippen LogP contribution is 2.18. The number of benzene rings is 1. The zero-order valence-electron chi connectivity index (χ0n) is 7.67. The van der Waals surface area contributed by atoms with Crippen molar-refractivity contribution < 1.29 is 0 Å². The lowest BCUT2D eigenvalue weighted by Crippen LogP contribution is -1.81. The van der Waals surface area contributed by atoms with Crippen molar-refractivity contribution in [3.8, 4) is 0 Å². The van der Waals surface area contributed by atoms with E-state index in [9.17, 15) is 0 Å². The van der Waals surface area contributed by atoms with Crippen LogP contribution in [-0.4, -0.2) is 0 Å². The Kier molecular flexibility index (Phi) is 2.87. The number of rotatable bonds is 2. The first-order chi connectivity index (χ1) is 5.75. The summed E-state index contributed by atoms with van der Waals surface area (Å²) in [5.41, 5.74) is 3.78. The van der Waals surface area contributed by atoms with E-state index in [-0.39, 0.29) is 0 Å².